The Morgan fingerprint density at radius 3 is 2.81 bits per heavy atom. The van der Waals surface area contributed by atoms with Crippen LogP contribution in [0.5, 0.6) is 0 Å². The minimum Gasteiger partial charge on any atom is -0.383 e. The van der Waals surface area contributed by atoms with E-state index in [0.29, 0.717) is 5.84 Å². The molecule has 0 aliphatic carbocycles. The van der Waals surface area contributed by atoms with Gasteiger partial charge < -0.3 is 5.73 Å². The molecule has 4 heteroatoms. The summed E-state index contributed by atoms with van der Waals surface area (Å²) in [6, 6.07) is 9.92. The van der Waals surface area contributed by atoms with E-state index in [2.05, 4.69) is 20.9 Å². The lowest BCUT2D eigenvalue weighted by atomic mass is 10.0. The topological polar surface area (TPSA) is 62.2 Å². The zero-order valence-corrected chi connectivity index (χ0v) is 9.88. The summed E-state index contributed by atoms with van der Waals surface area (Å²) in [6.07, 6.45) is 0. The molecule has 16 heavy (non-hydrogen) atoms. The van der Waals surface area contributed by atoms with Crippen LogP contribution < -0.4 is 5.73 Å². The van der Waals surface area contributed by atoms with E-state index in [1.807, 2.05) is 30.3 Å². The number of hydrogen-bond donors (Lipinski definition) is 2. The van der Waals surface area contributed by atoms with Crippen LogP contribution in [-0.4, -0.2) is 11.7 Å². The van der Waals surface area contributed by atoms with Gasteiger partial charge in [0.05, 0.1) is 0 Å². The van der Waals surface area contributed by atoms with Crippen molar-refractivity contribution in [3.05, 3.63) is 45.9 Å². The smallest absolute Gasteiger partial charge is 0.154 e. The Hall–Kier alpha value is -1.68. The molecule has 0 bridgehead atoms. The Morgan fingerprint density at radius 1 is 1.19 bits per heavy atom. The van der Waals surface area contributed by atoms with Crippen molar-refractivity contribution >= 4 is 38.4 Å². The van der Waals surface area contributed by atoms with Crippen LogP contribution >= 0.6 is 15.9 Å². The third-order valence-electron chi connectivity index (χ3n) is 2.73. The van der Waals surface area contributed by atoms with E-state index in [-0.39, 0.29) is 5.84 Å². The maximum Gasteiger partial charge on any atom is 0.154 e. The van der Waals surface area contributed by atoms with Crippen molar-refractivity contribution in [1.29, 1.82) is 5.41 Å². The summed E-state index contributed by atoms with van der Waals surface area (Å²) >= 11 is 3.51. The molecule has 0 spiro atoms. The van der Waals surface area contributed by atoms with Crippen LogP contribution in [0.15, 0.2) is 39.8 Å². The van der Waals surface area contributed by atoms with Crippen LogP contribution in [0.3, 0.4) is 0 Å². The first-order valence-electron chi connectivity index (χ1n) is 4.82. The molecule has 1 aliphatic rings. The van der Waals surface area contributed by atoms with Gasteiger partial charge in [0.15, 0.2) is 5.84 Å². The van der Waals surface area contributed by atoms with E-state index in [1.165, 1.54) is 0 Å². The van der Waals surface area contributed by atoms with E-state index in [9.17, 15) is 0 Å². The van der Waals surface area contributed by atoms with Gasteiger partial charge in [-0.05, 0) is 29.0 Å². The lowest BCUT2D eigenvalue weighted by Crippen LogP contribution is -2.10. The number of rotatable bonds is 0. The fourth-order valence-electron chi connectivity index (χ4n) is 1.94. The Kier molecular flexibility index (Phi) is 1.88. The molecule has 3 rings (SSSR count). The molecule has 3 N–H and O–H groups in total. The molecule has 1 heterocycles. The van der Waals surface area contributed by atoms with Gasteiger partial charge in [0, 0.05) is 15.6 Å². The van der Waals surface area contributed by atoms with Gasteiger partial charge in [-0.3, -0.25) is 5.41 Å². The Morgan fingerprint density at radius 2 is 2.00 bits per heavy atom. The summed E-state index contributed by atoms with van der Waals surface area (Å²) in [5.41, 5.74) is 7.43. The molecule has 0 fully saturated rings. The fourth-order valence-corrected chi connectivity index (χ4v) is 2.43. The standard InChI is InChI=1S/C12H8BrN3/c13-10-3-1-2-6-4-8-9(5-7(6)10)12(15)16-11(8)14/h1-5H,(H3,14,15,16). The Bertz CT molecular complexity index is 659. The van der Waals surface area contributed by atoms with Gasteiger partial charge in [-0.25, -0.2) is 4.99 Å². The minimum atomic E-state index is 0.245. The molecule has 0 atom stereocenters. The van der Waals surface area contributed by atoms with E-state index < -0.39 is 0 Å². The SMILES string of the molecule is N=C1N=C(N)c2cc3c(Br)cccc3cc21. The maximum absolute atomic E-state index is 7.71. The number of nitrogens with two attached hydrogens (primary N) is 1. The molecular weight excluding hydrogens is 266 g/mol. The highest BCUT2D eigenvalue weighted by molar-refractivity contribution is 9.10. The van der Waals surface area contributed by atoms with Crippen LogP contribution in [0.1, 0.15) is 11.1 Å². The number of aliphatic imine (C=N–C) groups is 1. The summed E-state index contributed by atoms with van der Waals surface area (Å²) in [5, 5.41) is 9.89. The highest BCUT2D eigenvalue weighted by Crippen LogP contribution is 2.29. The first-order valence-corrected chi connectivity index (χ1v) is 5.62. The number of hydrogen-bond acceptors (Lipinski definition) is 2. The second-order valence-electron chi connectivity index (χ2n) is 3.70. The molecule has 78 valence electrons. The lowest BCUT2D eigenvalue weighted by molar-refractivity contribution is 1.45. The molecule has 0 unspecified atom stereocenters. The van der Waals surface area contributed by atoms with E-state index >= 15 is 0 Å². The second-order valence-corrected chi connectivity index (χ2v) is 4.56. The van der Waals surface area contributed by atoms with Gasteiger partial charge in [0.2, 0.25) is 0 Å². The molecule has 0 saturated carbocycles. The van der Waals surface area contributed by atoms with Gasteiger partial charge in [-0.1, -0.05) is 28.1 Å². The molecule has 0 saturated heterocycles. The first-order chi connectivity index (χ1) is 7.66. The maximum atomic E-state index is 7.71. The number of amidine groups is 2. The van der Waals surface area contributed by atoms with E-state index in [0.717, 1.165) is 26.4 Å². The Balaban J connectivity index is 2.43. The molecule has 2 aromatic carbocycles. The quantitative estimate of drug-likeness (QED) is 0.762. The molecule has 2 aromatic rings. The second kappa shape index (κ2) is 3.15. The molecule has 3 nitrogen and oxygen atoms in total. The molecule has 1 aliphatic heterocycles. The summed E-state index contributed by atoms with van der Waals surface area (Å²) in [6.45, 7) is 0. The van der Waals surface area contributed by atoms with Crippen molar-refractivity contribution in [1.82, 2.24) is 0 Å². The van der Waals surface area contributed by atoms with E-state index in [4.69, 9.17) is 11.1 Å². The van der Waals surface area contributed by atoms with Crippen molar-refractivity contribution in [3.63, 3.8) is 0 Å². The van der Waals surface area contributed by atoms with Crippen molar-refractivity contribution in [2.45, 2.75) is 0 Å². The van der Waals surface area contributed by atoms with Crippen LogP contribution in [0.2, 0.25) is 0 Å². The average molecular weight is 274 g/mol. The third-order valence-corrected chi connectivity index (χ3v) is 3.42. The van der Waals surface area contributed by atoms with Crippen LogP contribution in [0, 0.1) is 5.41 Å². The van der Waals surface area contributed by atoms with Gasteiger partial charge in [0.1, 0.15) is 5.84 Å². The molecular formula is C12H8BrN3. The van der Waals surface area contributed by atoms with Crippen LogP contribution in [-0.2, 0) is 0 Å². The molecule has 0 aromatic heterocycles. The van der Waals surface area contributed by atoms with Gasteiger partial charge in [-0.15, -0.1) is 0 Å². The average Bonchev–Trinajstić information content (AvgIpc) is 2.53. The summed E-state index contributed by atoms with van der Waals surface area (Å²) < 4.78 is 1.03. The lowest BCUT2D eigenvalue weighted by Gasteiger charge is -2.04. The highest BCUT2D eigenvalue weighted by Gasteiger charge is 2.19. The Labute approximate surface area is 101 Å². The van der Waals surface area contributed by atoms with Gasteiger partial charge >= 0.3 is 0 Å². The first kappa shape index (κ1) is 9.54. The number of fused-ring (bicyclic) bond motifs is 2. The molecule has 0 radical (unpaired) electrons. The van der Waals surface area contributed by atoms with Gasteiger partial charge in [0.25, 0.3) is 0 Å². The van der Waals surface area contributed by atoms with Crippen LogP contribution in [0.25, 0.3) is 10.8 Å². The zero-order valence-electron chi connectivity index (χ0n) is 8.29. The van der Waals surface area contributed by atoms with Gasteiger partial charge in [-0.2, -0.15) is 0 Å². The van der Waals surface area contributed by atoms with Crippen molar-refractivity contribution < 1.29 is 0 Å². The highest BCUT2D eigenvalue weighted by atomic mass is 79.9. The largest absolute Gasteiger partial charge is 0.383 e. The van der Waals surface area contributed by atoms with Crippen molar-refractivity contribution in [2.24, 2.45) is 10.7 Å². The normalized spacial score (nSPS) is 14.1. The minimum absolute atomic E-state index is 0.245. The third kappa shape index (κ3) is 1.20. The van der Waals surface area contributed by atoms with Crippen LogP contribution in [0.4, 0.5) is 0 Å². The van der Waals surface area contributed by atoms with E-state index in [1.54, 1.807) is 0 Å². The monoisotopic (exact) mass is 273 g/mol. The predicted octanol–water partition coefficient (Wildman–Crippen LogP) is 2.65. The number of benzene rings is 2. The number of nitrogens with zero attached hydrogens (tertiary/aromatic N) is 1. The summed E-state index contributed by atoms with van der Waals surface area (Å²) in [5.74, 6) is 0.673. The van der Waals surface area contributed by atoms with Crippen molar-refractivity contribution in [3.8, 4) is 0 Å². The zero-order chi connectivity index (χ0) is 11.3. The number of halogens is 1. The summed E-state index contributed by atoms with van der Waals surface area (Å²) in [7, 11) is 0. The van der Waals surface area contributed by atoms with Crippen molar-refractivity contribution in [2.75, 3.05) is 0 Å². The fraction of sp³-hybridized carbons (Fsp3) is 0. The number of nitrogens with one attached hydrogen (secondary N) is 1. The predicted molar refractivity (Wildman–Crippen MR) is 69.2 cm³/mol. The summed E-state index contributed by atoms with van der Waals surface area (Å²) in [4.78, 5) is 3.97. The molecule has 0 amide bonds.